The van der Waals surface area contributed by atoms with E-state index in [1.807, 2.05) is 6.07 Å². The molecule has 116 valence electrons. The first kappa shape index (κ1) is 15.3. The quantitative estimate of drug-likeness (QED) is 0.650. The summed E-state index contributed by atoms with van der Waals surface area (Å²) in [5, 5.41) is 0. The Morgan fingerprint density at radius 1 is 0.955 bits per heavy atom. The van der Waals surface area contributed by atoms with E-state index in [0.29, 0.717) is 12.3 Å². The van der Waals surface area contributed by atoms with Gasteiger partial charge in [-0.25, -0.2) is 4.39 Å². The van der Waals surface area contributed by atoms with Crippen LogP contribution >= 0.6 is 0 Å². The van der Waals surface area contributed by atoms with Crippen LogP contribution in [-0.2, 0) is 6.42 Å². The second-order valence-electron chi connectivity index (χ2n) is 6.97. The molecule has 2 aromatic carbocycles. The van der Waals surface area contributed by atoms with Crippen LogP contribution in [0.2, 0.25) is 0 Å². The Morgan fingerprint density at radius 3 is 2.27 bits per heavy atom. The molecule has 0 unspecified atom stereocenters. The van der Waals surface area contributed by atoms with Gasteiger partial charge in [0, 0.05) is 6.42 Å². The summed E-state index contributed by atoms with van der Waals surface area (Å²) in [5.74, 6) is 1.35. The van der Waals surface area contributed by atoms with Gasteiger partial charge in [-0.3, -0.25) is 0 Å². The average Bonchev–Trinajstić information content (AvgIpc) is 2.52. The summed E-state index contributed by atoms with van der Waals surface area (Å²) < 4.78 is 14.4. The number of rotatable bonds is 3. The molecule has 0 bridgehead atoms. The molecule has 1 aliphatic rings. The normalized spacial score (nSPS) is 21.8. The minimum absolute atomic E-state index is 0.0447. The topological polar surface area (TPSA) is 0 Å². The van der Waals surface area contributed by atoms with Crippen molar-refractivity contribution in [3.8, 4) is 0 Å². The zero-order chi connectivity index (χ0) is 15.5. The molecular formula is C21H25F. The highest BCUT2D eigenvalue weighted by Crippen LogP contribution is 2.36. The highest BCUT2D eigenvalue weighted by molar-refractivity contribution is 5.32. The van der Waals surface area contributed by atoms with Crippen molar-refractivity contribution in [1.29, 1.82) is 0 Å². The van der Waals surface area contributed by atoms with Crippen molar-refractivity contribution in [3.63, 3.8) is 0 Å². The molecule has 0 saturated heterocycles. The van der Waals surface area contributed by atoms with Crippen molar-refractivity contribution in [2.24, 2.45) is 5.92 Å². The number of hydrogen-bond donors (Lipinski definition) is 0. The summed E-state index contributed by atoms with van der Waals surface area (Å²) in [4.78, 5) is 0. The molecule has 0 spiro atoms. The Kier molecular flexibility index (Phi) is 4.61. The van der Waals surface area contributed by atoms with Crippen LogP contribution in [0.15, 0.2) is 42.5 Å². The molecule has 0 atom stereocenters. The summed E-state index contributed by atoms with van der Waals surface area (Å²) in [7, 11) is 0. The Labute approximate surface area is 133 Å². The van der Waals surface area contributed by atoms with E-state index in [0.717, 1.165) is 11.5 Å². The van der Waals surface area contributed by atoms with E-state index in [-0.39, 0.29) is 5.82 Å². The second kappa shape index (κ2) is 6.64. The van der Waals surface area contributed by atoms with E-state index in [2.05, 4.69) is 44.2 Å². The third-order valence-corrected chi connectivity index (χ3v) is 5.08. The monoisotopic (exact) mass is 296 g/mol. The molecule has 0 heterocycles. The van der Waals surface area contributed by atoms with Crippen molar-refractivity contribution in [1.82, 2.24) is 0 Å². The highest BCUT2D eigenvalue weighted by Gasteiger charge is 2.20. The summed E-state index contributed by atoms with van der Waals surface area (Å²) in [5.41, 5.74) is 4.41. The lowest BCUT2D eigenvalue weighted by Crippen LogP contribution is -2.11. The first-order valence-electron chi connectivity index (χ1n) is 8.45. The van der Waals surface area contributed by atoms with Crippen LogP contribution in [0, 0.1) is 18.7 Å². The fourth-order valence-corrected chi connectivity index (χ4v) is 3.48. The Balaban J connectivity index is 1.73. The van der Waals surface area contributed by atoms with E-state index in [1.165, 1.54) is 42.4 Å². The van der Waals surface area contributed by atoms with Gasteiger partial charge in [0.05, 0.1) is 0 Å². The largest absolute Gasteiger partial charge is 0.207 e. The van der Waals surface area contributed by atoms with Crippen LogP contribution in [0.3, 0.4) is 0 Å². The Morgan fingerprint density at radius 2 is 1.64 bits per heavy atom. The molecule has 22 heavy (non-hydrogen) atoms. The summed E-state index contributed by atoms with van der Waals surface area (Å²) in [6, 6.07) is 14.3. The van der Waals surface area contributed by atoms with Gasteiger partial charge in [-0.05, 0) is 54.4 Å². The van der Waals surface area contributed by atoms with Crippen LogP contribution in [0.25, 0.3) is 0 Å². The number of hydrogen-bond acceptors (Lipinski definition) is 0. The molecule has 0 radical (unpaired) electrons. The minimum atomic E-state index is -0.0447. The van der Waals surface area contributed by atoms with Crippen LogP contribution in [0.1, 0.15) is 60.8 Å². The van der Waals surface area contributed by atoms with Gasteiger partial charge in [-0.2, -0.15) is 0 Å². The molecule has 2 aromatic rings. The van der Waals surface area contributed by atoms with Crippen LogP contribution in [0.4, 0.5) is 4.39 Å². The van der Waals surface area contributed by atoms with E-state index in [1.54, 1.807) is 6.07 Å². The zero-order valence-corrected chi connectivity index (χ0v) is 13.6. The maximum Gasteiger partial charge on any atom is 0.127 e. The summed E-state index contributed by atoms with van der Waals surface area (Å²) >= 11 is 0. The van der Waals surface area contributed by atoms with Crippen molar-refractivity contribution in [3.05, 3.63) is 70.5 Å². The van der Waals surface area contributed by atoms with Crippen LogP contribution in [0.5, 0.6) is 0 Å². The van der Waals surface area contributed by atoms with Gasteiger partial charge in [0.1, 0.15) is 5.82 Å². The van der Waals surface area contributed by atoms with Gasteiger partial charge in [-0.15, -0.1) is 0 Å². The van der Waals surface area contributed by atoms with Crippen molar-refractivity contribution >= 4 is 0 Å². The van der Waals surface area contributed by atoms with Gasteiger partial charge in [0.25, 0.3) is 0 Å². The Bertz CT molecular complexity index is 619. The molecule has 0 aromatic heterocycles. The van der Waals surface area contributed by atoms with E-state index in [9.17, 15) is 4.39 Å². The minimum Gasteiger partial charge on any atom is -0.207 e. The predicted octanol–water partition coefficient (Wildman–Crippen LogP) is 6.02. The van der Waals surface area contributed by atoms with Gasteiger partial charge in [-0.1, -0.05) is 61.7 Å². The first-order valence-corrected chi connectivity index (χ1v) is 8.45. The number of benzene rings is 2. The van der Waals surface area contributed by atoms with Crippen LogP contribution in [-0.4, -0.2) is 0 Å². The van der Waals surface area contributed by atoms with Crippen molar-refractivity contribution in [2.75, 3.05) is 0 Å². The maximum atomic E-state index is 14.4. The third-order valence-electron chi connectivity index (χ3n) is 5.08. The standard InChI is InChI=1S/C21H25F/c1-15-3-7-17(8-4-15)13-20-12-11-19(14-21(20)22)18-9-5-16(2)6-10-18/h3-4,7-8,11-12,14,16,18H,5-6,9-10,13H2,1-2H3. The smallest absolute Gasteiger partial charge is 0.127 e. The van der Waals surface area contributed by atoms with Gasteiger partial charge < -0.3 is 0 Å². The molecule has 0 amide bonds. The lowest BCUT2D eigenvalue weighted by atomic mass is 9.79. The summed E-state index contributed by atoms with van der Waals surface area (Å²) in [6.45, 7) is 4.39. The fourth-order valence-electron chi connectivity index (χ4n) is 3.48. The molecular weight excluding hydrogens is 271 g/mol. The lowest BCUT2D eigenvalue weighted by molar-refractivity contribution is 0.347. The van der Waals surface area contributed by atoms with E-state index >= 15 is 0 Å². The van der Waals surface area contributed by atoms with Gasteiger partial charge >= 0.3 is 0 Å². The molecule has 0 nitrogen and oxygen atoms in total. The lowest BCUT2D eigenvalue weighted by Gasteiger charge is -2.26. The fraction of sp³-hybridized carbons (Fsp3) is 0.429. The molecule has 1 heteroatoms. The molecule has 1 aliphatic carbocycles. The van der Waals surface area contributed by atoms with Gasteiger partial charge in [0.2, 0.25) is 0 Å². The summed E-state index contributed by atoms with van der Waals surface area (Å²) in [6.07, 6.45) is 5.64. The van der Waals surface area contributed by atoms with Crippen molar-refractivity contribution < 1.29 is 4.39 Å². The van der Waals surface area contributed by atoms with E-state index < -0.39 is 0 Å². The van der Waals surface area contributed by atoms with Crippen molar-refractivity contribution in [2.45, 2.75) is 51.9 Å². The first-order chi connectivity index (χ1) is 10.6. The van der Waals surface area contributed by atoms with Gasteiger partial charge in [0.15, 0.2) is 0 Å². The maximum absolute atomic E-state index is 14.4. The zero-order valence-electron chi connectivity index (χ0n) is 13.6. The third kappa shape index (κ3) is 3.58. The second-order valence-corrected chi connectivity index (χ2v) is 6.97. The predicted molar refractivity (Wildman–Crippen MR) is 90.8 cm³/mol. The molecule has 1 saturated carbocycles. The SMILES string of the molecule is Cc1ccc(Cc2ccc(C3CCC(C)CC3)cc2F)cc1. The number of aryl methyl sites for hydroxylation is 1. The molecule has 0 N–H and O–H groups in total. The average molecular weight is 296 g/mol. The van der Waals surface area contributed by atoms with Crippen LogP contribution < -0.4 is 0 Å². The molecule has 0 aliphatic heterocycles. The van der Waals surface area contributed by atoms with E-state index in [4.69, 9.17) is 0 Å². The Hall–Kier alpha value is -1.63. The molecule has 1 fully saturated rings. The molecule has 3 rings (SSSR count). The number of halogens is 1. The highest BCUT2D eigenvalue weighted by atomic mass is 19.1.